The number of hydrogen-bond donors (Lipinski definition) is 0. The minimum atomic E-state index is -4.57. The summed E-state index contributed by atoms with van der Waals surface area (Å²) in [6, 6.07) is 10.6. The van der Waals surface area contributed by atoms with Crippen molar-refractivity contribution in [2.45, 2.75) is 42.7 Å². The van der Waals surface area contributed by atoms with E-state index in [0.717, 1.165) is 28.7 Å². The average Bonchev–Trinajstić information content (AvgIpc) is 2.73. The Kier molecular flexibility index (Phi) is 5.92. The van der Waals surface area contributed by atoms with Gasteiger partial charge in [-0.1, -0.05) is 23.7 Å². The molecule has 1 aliphatic carbocycles. The van der Waals surface area contributed by atoms with Gasteiger partial charge in [0.15, 0.2) is 5.78 Å². The van der Waals surface area contributed by atoms with Crippen molar-refractivity contribution in [1.29, 1.82) is 0 Å². The Morgan fingerprint density at radius 2 is 1.77 bits per heavy atom. The molecule has 1 aliphatic heterocycles. The second kappa shape index (κ2) is 8.36. The molecule has 162 valence electrons. The highest BCUT2D eigenvalue weighted by atomic mass is 35.5. The number of ketones is 1. The number of rotatable bonds is 3. The van der Waals surface area contributed by atoms with Gasteiger partial charge in [0.1, 0.15) is 0 Å². The van der Waals surface area contributed by atoms with Crippen LogP contribution in [0.5, 0.6) is 0 Å². The highest BCUT2D eigenvalue weighted by Gasteiger charge is 2.41. The molecule has 3 nitrogen and oxygen atoms in total. The van der Waals surface area contributed by atoms with E-state index in [-0.39, 0.29) is 28.8 Å². The summed E-state index contributed by atoms with van der Waals surface area (Å²) in [5, 5.41) is 0.0361. The van der Waals surface area contributed by atoms with Crippen LogP contribution in [0.15, 0.2) is 58.6 Å². The number of halogens is 4. The topological polar surface area (TPSA) is 37.4 Å². The van der Waals surface area contributed by atoms with Crippen molar-refractivity contribution in [3.05, 3.63) is 69.9 Å². The van der Waals surface area contributed by atoms with E-state index < -0.39 is 17.7 Å². The molecule has 0 saturated heterocycles. The summed E-state index contributed by atoms with van der Waals surface area (Å²) >= 11 is 7.82. The Bertz CT molecular complexity index is 1080. The standard InChI is InChI=1S/C23H19ClF3NO2S/c1-31-15-8-5-13(6-9-15)16-12-21(30)28(18-3-2-4-20(29)22(16)18)19-11-14(23(25,26)27)7-10-17(19)24/h5-11,16H,2-4,12H2,1H3. The lowest BCUT2D eigenvalue weighted by molar-refractivity contribution is -0.137. The minimum absolute atomic E-state index is 0.00420. The number of amides is 1. The minimum Gasteiger partial charge on any atom is -0.294 e. The lowest BCUT2D eigenvalue weighted by atomic mass is 9.77. The number of alkyl halides is 3. The molecule has 0 N–H and O–H groups in total. The second-order valence-corrected chi connectivity index (χ2v) is 8.85. The van der Waals surface area contributed by atoms with Gasteiger partial charge in [-0.25, -0.2) is 0 Å². The van der Waals surface area contributed by atoms with Gasteiger partial charge in [-0.05, 0) is 55.0 Å². The van der Waals surface area contributed by atoms with Gasteiger partial charge in [0.25, 0.3) is 0 Å². The summed E-state index contributed by atoms with van der Waals surface area (Å²) in [6.45, 7) is 0. The lowest BCUT2D eigenvalue weighted by Crippen LogP contribution is -2.40. The Morgan fingerprint density at radius 1 is 1.06 bits per heavy atom. The first-order chi connectivity index (χ1) is 14.7. The van der Waals surface area contributed by atoms with E-state index in [9.17, 15) is 22.8 Å². The zero-order valence-corrected chi connectivity index (χ0v) is 18.2. The first-order valence-corrected chi connectivity index (χ1v) is 11.4. The Labute approximate surface area is 187 Å². The fourth-order valence-electron chi connectivity index (χ4n) is 4.25. The third-order valence-electron chi connectivity index (χ3n) is 5.71. The summed E-state index contributed by atoms with van der Waals surface area (Å²) in [5.41, 5.74) is 0.909. The number of benzene rings is 2. The number of allylic oxidation sites excluding steroid dienone is 2. The molecule has 8 heteroatoms. The Hall–Kier alpha value is -2.25. The third kappa shape index (κ3) is 4.13. The number of nitrogens with zero attached hydrogens (tertiary/aromatic N) is 1. The molecule has 0 aromatic heterocycles. The monoisotopic (exact) mass is 465 g/mol. The Balaban J connectivity index is 1.85. The van der Waals surface area contributed by atoms with Crippen LogP contribution in [0.3, 0.4) is 0 Å². The molecule has 1 unspecified atom stereocenters. The van der Waals surface area contributed by atoms with Gasteiger partial charge < -0.3 is 0 Å². The number of carbonyl (C=O) groups is 2. The molecule has 1 atom stereocenters. The van der Waals surface area contributed by atoms with Gasteiger partial charge >= 0.3 is 6.18 Å². The zero-order chi connectivity index (χ0) is 22.3. The van der Waals surface area contributed by atoms with Crippen molar-refractivity contribution < 1.29 is 22.8 Å². The van der Waals surface area contributed by atoms with Crippen LogP contribution in [-0.2, 0) is 15.8 Å². The van der Waals surface area contributed by atoms with Crippen molar-refractivity contribution in [3.63, 3.8) is 0 Å². The second-order valence-electron chi connectivity index (χ2n) is 7.56. The third-order valence-corrected chi connectivity index (χ3v) is 6.77. The molecule has 2 aromatic rings. The van der Waals surface area contributed by atoms with Crippen LogP contribution in [0.2, 0.25) is 5.02 Å². The molecule has 0 fully saturated rings. The smallest absolute Gasteiger partial charge is 0.294 e. The van der Waals surface area contributed by atoms with Crippen molar-refractivity contribution in [3.8, 4) is 0 Å². The van der Waals surface area contributed by atoms with Crippen molar-refractivity contribution in [1.82, 2.24) is 0 Å². The van der Waals surface area contributed by atoms with Gasteiger partial charge in [0.2, 0.25) is 5.91 Å². The summed E-state index contributed by atoms with van der Waals surface area (Å²) < 4.78 is 39.9. The number of thioether (sulfide) groups is 1. The van der Waals surface area contributed by atoms with E-state index in [1.807, 2.05) is 30.5 Å². The average molecular weight is 466 g/mol. The summed E-state index contributed by atoms with van der Waals surface area (Å²) in [5.74, 6) is -0.846. The molecule has 0 saturated carbocycles. The van der Waals surface area contributed by atoms with Crippen LogP contribution in [0.4, 0.5) is 18.9 Å². The molecular weight excluding hydrogens is 447 g/mol. The SMILES string of the molecule is CSc1ccc(C2CC(=O)N(c3cc(C(F)(F)F)ccc3Cl)C3=C2C(=O)CCC3)cc1. The maximum Gasteiger partial charge on any atom is 0.416 e. The highest BCUT2D eigenvalue weighted by Crippen LogP contribution is 2.46. The normalized spacial score (nSPS) is 19.6. The van der Waals surface area contributed by atoms with E-state index in [1.54, 1.807) is 11.8 Å². The van der Waals surface area contributed by atoms with Crippen LogP contribution in [0.25, 0.3) is 0 Å². The van der Waals surface area contributed by atoms with E-state index in [4.69, 9.17) is 11.6 Å². The van der Waals surface area contributed by atoms with E-state index in [1.165, 1.54) is 4.90 Å². The quantitative estimate of drug-likeness (QED) is 0.479. The fourth-order valence-corrected chi connectivity index (χ4v) is 4.86. The van der Waals surface area contributed by atoms with E-state index in [2.05, 4.69) is 0 Å². The molecule has 1 amide bonds. The number of Topliss-reactive ketones (excluding diaryl/α,β-unsaturated/α-hetero) is 1. The van der Waals surface area contributed by atoms with E-state index >= 15 is 0 Å². The highest BCUT2D eigenvalue weighted by molar-refractivity contribution is 7.98. The number of anilines is 1. The van der Waals surface area contributed by atoms with Crippen LogP contribution in [-0.4, -0.2) is 17.9 Å². The van der Waals surface area contributed by atoms with Crippen molar-refractivity contribution >= 4 is 40.7 Å². The lowest BCUT2D eigenvalue weighted by Gasteiger charge is -2.38. The maximum atomic E-state index is 13.3. The first-order valence-electron chi connectivity index (χ1n) is 9.80. The molecule has 2 aliphatic rings. The van der Waals surface area contributed by atoms with Crippen LogP contribution >= 0.6 is 23.4 Å². The van der Waals surface area contributed by atoms with Crippen LogP contribution in [0, 0.1) is 0 Å². The molecule has 4 rings (SSSR count). The largest absolute Gasteiger partial charge is 0.416 e. The van der Waals surface area contributed by atoms with Gasteiger partial charge in [-0.3, -0.25) is 14.5 Å². The molecule has 2 aromatic carbocycles. The summed E-state index contributed by atoms with van der Waals surface area (Å²) in [4.78, 5) is 28.4. The molecule has 0 radical (unpaired) electrons. The van der Waals surface area contributed by atoms with Gasteiger partial charge in [-0.2, -0.15) is 13.2 Å². The Morgan fingerprint density at radius 3 is 2.42 bits per heavy atom. The summed E-state index contributed by atoms with van der Waals surface area (Å²) in [7, 11) is 0. The molecule has 0 bridgehead atoms. The van der Waals surface area contributed by atoms with Crippen LogP contribution in [0.1, 0.15) is 42.7 Å². The molecule has 1 heterocycles. The molecule has 31 heavy (non-hydrogen) atoms. The predicted molar refractivity (Wildman–Crippen MR) is 115 cm³/mol. The zero-order valence-electron chi connectivity index (χ0n) is 16.6. The number of carbonyl (C=O) groups excluding carboxylic acids is 2. The van der Waals surface area contributed by atoms with Crippen molar-refractivity contribution in [2.24, 2.45) is 0 Å². The van der Waals surface area contributed by atoms with Gasteiger partial charge in [0.05, 0.1) is 16.3 Å². The fraction of sp³-hybridized carbons (Fsp3) is 0.304. The molecule has 0 spiro atoms. The van der Waals surface area contributed by atoms with Crippen LogP contribution < -0.4 is 4.90 Å². The maximum absolute atomic E-state index is 13.3. The first kappa shape index (κ1) is 22.0. The van der Waals surface area contributed by atoms with E-state index in [0.29, 0.717) is 30.5 Å². The molecular formula is C23H19ClF3NO2S. The summed E-state index contributed by atoms with van der Waals surface area (Å²) in [6.07, 6.45) is -1.29. The van der Waals surface area contributed by atoms with Gasteiger partial charge in [-0.15, -0.1) is 11.8 Å². The van der Waals surface area contributed by atoms with Crippen molar-refractivity contribution in [2.75, 3.05) is 11.2 Å². The predicted octanol–water partition coefficient (Wildman–Crippen LogP) is 6.61. The number of hydrogen-bond acceptors (Lipinski definition) is 3. The van der Waals surface area contributed by atoms with Gasteiger partial charge in [0, 0.05) is 34.9 Å².